The number of hydrogen-bond donors (Lipinski definition) is 0. The molecule has 15 heteroatoms. The summed E-state index contributed by atoms with van der Waals surface area (Å²) in [5.74, 6) is -11.5. The Morgan fingerprint density at radius 3 is 1.85 bits per heavy atom. The number of allylic oxidation sites excluding steroid dienone is 5. The minimum absolute atomic E-state index is 0.325. The number of nitriles is 3. The van der Waals surface area contributed by atoms with Gasteiger partial charge in [0, 0.05) is 27.8 Å². The molecule has 2 aromatic rings. The van der Waals surface area contributed by atoms with Crippen LogP contribution in [0.15, 0.2) is 41.3 Å². The fraction of sp³-hybridized carbons (Fsp3) is 0.160. The van der Waals surface area contributed by atoms with E-state index in [4.69, 9.17) is 0 Å². The molecule has 0 bridgehead atoms. The summed E-state index contributed by atoms with van der Waals surface area (Å²) in [6.07, 6.45) is -13.9. The zero-order valence-electron chi connectivity index (χ0n) is 18.8. The van der Waals surface area contributed by atoms with E-state index in [9.17, 15) is 50.9 Å². The van der Waals surface area contributed by atoms with Crippen molar-refractivity contribution >= 4 is 11.1 Å². The summed E-state index contributed by atoms with van der Waals surface area (Å²) in [6, 6.07) is 6.16. The molecule has 3 aliphatic carbocycles. The zero-order valence-corrected chi connectivity index (χ0v) is 18.8. The molecule has 0 saturated heterocycles. The van der Waals surface area contributed by atoms with E-state index in [1.165, 1.54) is 18.2 Å². The highest BCUT2D eigenvalue weighted by atomic mass is 19.4. The van der Waals surface area contributed by atoms with Gasteiger partial charge in [-0.2, -0.15) is 15.8 Å². The first-order valence-corrected chi connectivity index (χ1v) is 10.6. The Morgan fingerprint density at radius 2 is 1.30 bits per heavy atom. The molecule has 2 aromatic carbocycles. The second kappa shape index (κ2) is 8.52. The largest absolute Gasteiger partial charge is 0.573 e. The van der Waals surface area contributed by atoms with Gasteiger partial charge in [0.1, 0.15) is 29.2 Å². The molecule has 5 nitrogen and oxygen atoms in total. The van der Waals surface area contributed by atoms with Gasteiger partial charge in [0.25, 0.3) is 0 Å². The molecule has 0 N–H and O–H groups in total. The normalized spacial score (nSPS) is 19.4. The van der Waals surface area contributed by atoms with Gasteiger partial charge in [0.05, 0.1) is 17.6 Å². The Balaban J connectivity index is 2.00. The van der Waals surface area contributed by atoms with Gasteiger partial charge in [-0.1, -0.05) is 0 Å². The molecule has 2 unspecified atom stereocenters. The highest BCUT2D eigenvalue weighted by Gasteiger charge is 2.51. The molecular weight excluding hydrogens is 564 g/mol. The van der Waals surface area contributed by atoms with Gasteiger partial charge >= 0.3 is 12.7 Å². The second-order valence-electron chi connectivity index (χ2n) is 8.43. The first-order chi connectivity index (χ1) is 18.6. The molecule has 0 spiro atoms. The van der Waals surface area contributed by atoms with Gasteiger partial charge in [-0.05, 0) is 34.9 Å². The van der Waals surface area contributed by atoms with Gasteiger partial charge < -0.3 is 9.47 Å². The third kappa shape index (κ3) is 3.75. The molecule has 0 fully saturated rings. The van der Waals surface area contributed by atoms with Crippen molar-refractivity contribution in [1.29, 1.82) is 15.8 Å². The molecule has 3 aliphatic rings. The van der Waals surface area contributed by atoms with Crippen molar-refractivity contribution in [3.8, 4) is 40.8 Å². The van der Waals surface area contributed by atoms with Crippen molar-refractivity contribution in [2.75, 3.05) is 0 Å². The number of halogens is 10. The average molecular weight is 569 g/mol. The van der Waals surface area contributed by atoms with E-state index in [0.717, 1.165) is 6.07 Å². The van der Waals surface area contributed by atoms with Gasteiger partial charge in [0.2, 0.25) is 0 Å². The van der Waals surface area contributed by atoms with Crippen molar-refractivity contribution < 1.29 is 53.4 Å². The number of hydrogen-bond acceptors (Lipinski definition) is 5. The Morgan fingerprint density at radius 1 is 0.700 bits per heavy atom. The maximum Gasteiger partial charge on any atom is 0.573 e. The van der Waals surface area contributed by atoms with E-state index < -0.39 is 104 Å². The standard InChI is InChI=1S/C25H5F10N3O2/c26-20-18-12(6-38)15-9-1-7(4-36)13(39-24(30,31)32)2-8(9)10-3-14(40-25(33,34)35)11(5-37)17(16(10)15)19(18)21(27)23(29)22(20)28/h1-3,18,20H. The van der Waals surface area contributed by atoms with Crippen molar-refractivity contribution in [3.63, 3.8) is 0 Å². The lowest BCUT2D eigenvalue weighted by Gasteiger charge is -2.34. The van der Waals surface area contributed by atoms with Crippen LogP contribution in [0.3, 0.4) is 0 Å². The summed E-state index contributed by atoms with van der Waals surface area (Å²) >= 11 is 0. The van der Waals surface area contributed by atoms with Crippen molar-refractivity contribution in [1.82, 2.24) is 0 Å². The van der Waals surface area contributed by atoms with Crippen molar-refractivity contribution in [3.05, 3.63) is 69.1 Å². The Labute approximate surface area is 215 Å². The van der Waals surface area contributed by atoms with E-state index in [0.29, 0.717) is 12.1 Å². The number of ether oxygens (including phenoxy) is 2. The quantitative estimate of drug-likeness (QED) is 0.301. The minimum Gasteiger partial charge on any atom is -0.404 e. The number of alkyl halides is 7. The smallest absolute Gasteiger partial charge is 0.404 e. The second-order valence-corrected chi connectivity index (χ2v) is 8.43. The maximum atomic E-state index is 15.2. The van der Waals surface area contributed by atoms with Crippen LogP contribution in [0.2, 0.25) is 0 Å². The molecule has 202 valence electrons. The van der Waals surface area contributed by atoms with Gasteiger partial charge in [-0.3, -0.25) is 0 Å². The van der Waals surface area contributed by atoms with E-state index in [1.54, 1.807) is 0 Å². The molecule has 5 rings (SSSR count). The molecule has 0 heterocycles. The summed E-state index contributed by atoms with van der Waals surface area (Å²) in [7, 11) is 0. The van der Waals surface area contributed by atoms with Crippen molar-refractivity contribution in [2.24, 2.45) is 5.92 Å². The van der Waals surface area contributed by atoms with E-state index in [1.807, 2.05) is 0 Å². The van der Waals surface area contributed by atoms with Crippen LogP contribution < -0.4 is 9.47 Å². The Hall–Kier alpha value is -4.97. The van der Waals surface area contributed by atoms with Crippen LogP contribution in [0.1, 0.15) is 27.8 Å². The van der Waals surface area contributed by atoms with Crippen LogP contribution in [0.4, 0.5) is 43.9 Å². The predicted octanol–water partition coefficient (Wildman–Crippen LogP) is 7.35. The lowest BCUT2D eigenvalue weighted by atomic mass is 9.69. The summed E-state index contributed by atoms with van der Waals surface area (Å²) in [6.45, 7) is 0. The predicted molar refractivity (Wildman–Crippen MR) is 112 cm³/mol. The van der Waals surface area contributed by atoms with Crippen LogP contribution in [0.25, 0.3) is 22.3 Å². The van der Waals surface area contributed by atoms with Gasteiger partial charge in [0.15, 0.2) is 23.7 Å². The summed E-state index contributed by atoms with van der Waals surface area (Å²) < 4.78 is 146. The lowest BCUT2D eigenvalue weighted by Crippen LogP contribution is -2.29. The Bertz CT molecular complexity index is 1760. The summed E-state index contributed by atoms with van der Waals surface area (Å²) in [5, 5.41) is 29.1. The topological polar surface area (TPSA) is 89.8 Å². The number of nitrogens with zero attached hydrogens (tertiary/aromatic N) is 3. The van der Waals surface area contributed by atoms with Crippen LogP contribution >= 0.6 is 0 Å². The third-order valence-electron chi connectivity index (χ3n) is 6.36. The average Bonchev–Trinajstić information content (AvgIpc) is 3.17. The third-order valence-corrected chi connectivity index (χ3v) is 6.36. The fourth-order valence-electron chi connectivity index (χ4n) is 5.05. The Kier molecular flexibility index (Phi) is 5.67. The molecule has 0 amide bonds. The monoisotopic (exact) mass is 569 g/mol. The first kappa shape index (κ1) is 26.6. The van der Waals surface area contributed by atoms with Crippen LogP contribution in [-0.4, -0.2) is 18.9 Å². The summed E-state index contributed by atoms with van der Waals surface area (Å²) in [4.78, 5) is 0. The lowest BCUT2D eigenvalue weighted by molar-refractivity contribution is -0.275. The maximum absolute atomic E-state index is 15.2. The molecule has 0 saturated carbocycles. The molecular formula is C25H5F10N3O2. The van der Waals surface area contributed by atoms with E-state index >= 15 is 8.78 Å². The molecule has 0 aliphatic heterocycles. The highest BCUT2D eigenvalue weighted by molar-refractivity contribution is 6.12. The van der Waals surface area contributed by atoms with Crippen LogP contribution in [0, 0.1) is 39.9 Å². The van der Waals surface area contributed by atoms with Crippen LogP contribution in [-0.2, 0) is 0 Å². The molecule has 0 aromatic heterocycles. The van der Waals surface area contributed by atoms with E-state index in [2.05, 4.69) is 9.47 Å². The highest BCUT2D eigenvalue weighted by Crippen LogP contribution is 2.61. The zero-order chi connectivity index (χ0) is 29.5. The summed E-state index contributed by atoms with van der Waals surface area (Å²) in [5.41, 5.74) is -6.87. The number of fused-ring (bicyclic) bond motifs is 5. The number of benzene rings is 2. The molecule has 0 radical (unpaired) electrons. The van der Waals surface area contributed by atoms with E-state index in [-0.39, 0.29) is 5.56 Å². The van der Waals surface area contributed by atoms with Crippen molar-refractivity contribution in [2.45, 2.75) is 18.9 Å². The van der Waals surface area contributed by atoms with Crippen LogP contribution in [0.5, 0.6) is 11.5 Å². The molecule has 40 heavy (non-hydrogen) atoms. The fourth-order valence-corrected chi connectivity index (χ4v) is 5.05. The molecule has 2 atom stereocenters. The SMILES string of the molecule is N#CC1=C2c3cc(C#N)c(OC(F)(F)F)cc3-c3cc(OC(F)(F)F)c(C#N)c(c32)C2=C(F)C(F)=C(F)C(F)C12. The minimum atomic E-state index is -5.48. The van der Waals surface area contributed by atoms with Gasteiger partial charge in [-0.15, -0.1) is 26.3 Å². The first-order valence-electron chi connectivity index (χ1n) is 10.6. The number of rotatable bonds is 2. The van der Waals surface area contributed by atoms with Gasteiger partial charge in [-0.25, -0.2) is 17.6 Å².